The second-order valence-electron chi connectivity index (χ2n) is 3.49. The van der Waals surface area contributed by atoms with Crippen molar-refractivity contribution in [3.8, 4) is 0 Å². The summed E-state index contributed by atoms with van der Waals surface area (Å²) >= 11 is 0. The summed E-state index contributed by atoms with van der Waals surface area (Å²) in [6.45, 7) is 1.86. The van der Waals surface area contributed by atoms with E-state index in [-0.39, 0.29) is 24.9 Å². The molecule has 1 heterocycles. The molecule has 7 nitrogen and oxygen atoms in total. The molecule has 1 aliphatic heterocycles. The molecule has 1 unspecified atom stereocenters. The zero-order chi connectivity index (χ0) is 12.1. The zero-order valence-electron chi connectivity index (χ0n) is 9.20. The van der Waals surface area contributed by atoms with E-state index in [1.807, 2.05) is 0 Å². The van der Waals surface area contributed by atoms with E-state index in [9.17, 15) is 14.4 Å². The van der Waals surface area contributed by atoms with E-state index < -0.39 is 18.1 Å². The van der Waals surface area contributed by atoms with Crippen LogP contribution in [0.2, 0.25) is 0 Å². The van der Waals surface area contributed by atoms with Gasteiger partial charge >= 0.3 is 5.97 Å². The van der Waals surface area contributed by atoms with Gasteiger partial charge in [-0.15, -0.1) is 0 Å². The van der Waals surface area contributed by atoms with Gasteiger partial charge in [0.1, 0.15) is 12.1 Å². The van der Waals surface area contributed by atoms with Crippen molar-refractivity contribution in [3.05, 3.63) is 0 Å². The maximum atomic E-state index is 11.6. The highest BCUT2D eigenvalue weighted by atomic mass is 16.5. The summed E-state index contributed by atoms with van der Waals surface area (Å²) in [7, 11) is 1.25. The molecule has 0 radical (unpaired) electrons. The smallest absolute Gasteiger partial charge is 0.328 e. The second-order valence-corrected chi connectivity index (χ2v) is 3.49. The summed E-state index contributed by atoms with van der Waals surface area (Å²) in [5.74, 6) is -0.990. The fourth-order valence-corrected chi connectivity index (χ4v) is 1.30. The van der Waals surface area contributed by atoms with E-state index >= 15 is 0 Å². The van der Waals surface area contributed by atoms with Crippen molar-refractivity contribution in [1.29, 1.82) is 0 Å². The van der Waals surface area contributed by atoms with Crippen molar-refractivity contribution in [2.45, 2.75) is 19.0 Å². The third kappa shape index (κ3) is 3.20. The van der Waals surface area contributed by atoms with Crippen molar-refractivity contribution in [2.75, 3.05) is 20.2 Å². The predicted molar refractivity (Wildman–Crippen MR) is 54.4 cm³/mol. The van der Waals surface area contributed by atoms with Crippen molar-refractivity contribution >= 4 is 17.8 Å². The van der Waals surface area contributed by atoms with Crippen LogP contribution in [0.1, 0.15) is 6.92 Å². The summed E-state index contributed by atoms with van der Waals surface area (Å²) < 4.78 is 4.47. The van der Waals surface area contributed by atoms with Gasteiger partial charge in [0.05, 0.1) is 13.7 Å². The van der Waals surface area contributed by atoms with Crippen LogP contribution in [0.4, 0.5) is 0 Å². The number of methoxy groups -OCH3 is 1. The lowest BCUT2D eigenvalue weighted by Gasteiger charge is -2.24. The molecule has 0 aromatic carbocycles. The van der Waals surface area contributed by atoms with Gasteiger partial charge in [-0.25, -0.2) is 4.79 Å². The number of esters is 1. The van der Waals surface area contributed by atoms with Gasteiger partial charge in [-0.3, -0.25) is 14.9 Å². The Balaban J connectivity index is 2.40. The number of hydrogen-bond donors (Lipinski definition) is 3. The number of amides is 2. The molecular weight excluding hydrogens is 214 g/mol. The molecule has 3 N–H and O–H groups in total. The van der Waals surface area contributed by atoms with Crippen molar-refractivity contribution < 1.29 is 19.1 Å². The van der Waals surface area contributed by atoms with Gasteiger partial charge in [-0.05, 0) is 6.92 Å². The zero-order valence-corrected chi connectivity index (χ0v) is 9.20. The fourth-order valence-electron chi connectivity index (χ4n) is 1.30. The van der Waals surface area contributed by atoms with Crippen LogP contribution in [0.15, 0.2) is 0 Å². The van der Waals surface area contributed by atoms with Crippen molar-refractivity contribution in [2.24, 2.45) is 0 Å². The third-order valence-electron chi connectivity index (χ3n) is 2.24. The Kier molecular flexibility index (Phi) is 4.24. The van der Waals surface area contributed by atoms with Crippen LogP contribution >= 0.6 is 0 Å². The first-order valence-corrected chi connectivity index (χ1v) is 4.93. The largest absolute Gasteiger partial charge is 0.467 e. The maximum absolute atomic E-state index is 11.6. The SMILES string of the molecule is COC(=O)[C@H](C)NC(=O)C1CNC(=O)CN1. The molecule has 16 heavy (non-hydrogen) atoms. The number of hydrogen-bond acceptors (Lipinski definition) is 5. The minimum Gasteiger partial charge on any atom is -0.467 e. The molecule has 0 aromatic heterocycles. The van der Waals surface area contributed by atoms with Crippen LogP contribution in [-0.2, 0) is 19.1 Å². The number of carbonyl (C=O) groups excluding carboxylic acids is 3. The van der Waals surface area contributed by atoms with E-state index in [0.29, 0.717) is 0 Å². The Labute approximate surface area is 92.9 Å². The summed E-state index contributed by atoms with van der Waals surface area (Å²) in [6.07, 6.45) is 0. The summed E-state index contributed by atoms with van der Waals surface area (Å²) in [5.41, 5.74) is 0. The van der Waals surface area contributed by atoms with Crippen LogP contribution < -0.4 is 16.0 Å². The average Bonchev–Trinajstić information content (AvgIpc) is 2.28. The van der Waals surface area contributed by atoms with E-state index in [2.05, 4.69) is 20.7 Å². The summed E-state index contributed by atoms with van der Waals surface area (Å²) in [5, 5.41) is 7.79. The van der Waals surface area contributed by atoms with E-state index in [1.165, 1.54) is 14.0 Å². The Morgan fingerprint density at radius 2 is 2.25 bits per heavy atom. The van der Waals surface area contributed by atoms with Crippen LogP contribution in [0, 0.1) is 0 Å². The molecule has 1 saturated heterocycles. The van der Waals surface area contributed by atoms with E-state index in [1.54, 1.807) is 0 Å². The molecule has 0 spiro atoms. The van der Waals surface area contributed by atoms with Crippen LogP contribution in [-0.4, -0.2) is 50.1 Å². The number of rotatable bonds is 3. The Morgan fingerprint density at radius 3 is 2.75 bits per heavy atom. The molecular formula is C9H15N3O4. The number of carbonyl (C=O) groups is 3. The lowest BCUT2D eigenvalue weighted by Crippen LogP contribution is -2.59. The standard InChI is InChI=1S/C9H15N3O4/c1-5(9(15)16-2)12-8(14)6-3-11-7(13)4-10-6/h5-6,10H,3-4H2,1-2H3,(H,11,13)(H,12,14)/t5-,6?/m0/s1. The van der Waals surface area contributed by atoms with Gasteiger partial charge < -0.3 is 15.4 Å². The molecule has 0 aliphatic carbocycles. The van der Waals surface area contributed by atoms with E-state index in [0.717, 1.165) is 0 Å². The van der Waals surface area contributed by atoms with Gasteiger partial charge in [-0.2, -0.15) is 0 Å². The van der Waals surface area contributed by atoms with Crippen LogP contribution in [0.5, 0.6) is 0 Å². The Bertz CT molecular complexity index is 295. The Morgan fingerprint density at radius 1 is 1.56 bits per heavy atom. The minimum absolute atomic E-state index is 0.102. The summed E-state index contributed by atoms with van der Waals surface area (Å²) in [4.78, 5) is 33.5. The predicted octanol–water partition coefficient (Wildman–Crippen LogP) is -2.25. The first kappa shape index (κ1) is 12.4. The molecule has 1 aliphatic rings. The van der Waals surface area contributed by atoms with Gasteiger partial charge in [0.15, 0.2) is 0 Å². The number of piperazine rings is 1. The minimum atomic E-state index is -0.697. The molecule has 90 valence electrons. The third-order valence-corrected chi connectivity index (χ3v) is 2.24. The highest BCUT2D eigenvalue weighted by Crippen LogP contribution is 1.92. The monoisotopic (exact) mass is 229 g/mol. The lowest BCUT2D eigenvalue weighted by molar-refractivity contribution is -0.145. The molecule has 0 bridgehead atoms. The van der Waals surface area contributed by atoms with Crippen LogP contribution in [0.25, 0.3) is 0 Å². The summed E-state index contributed by atoms with van der Waals surface area (Å²) in [6, 6.07) is -1.21. The molecule has 1 rings (SSSR count). The van der Waals surface area contributed by atoms with Crippen molar-refractivity contribution in [3.63, 3.8) is 0 Å². The second kappa shape index (κ2) is 5.45. The fraction of sp³-hybridized carbons (Fsp3) is 0.667. The molecule has 0 saturated carbocycles. The molecule has 1 fully saturated rings. The van der Waals surface area contributed by atoms with Crippen LogP contribution in [0.3, 0.4) is 0 Å². The number of ether oxygens (including phenoxy) is 1. The highest BCUT2D eigenvalue weighted by Gasteiger charge is 2.26. The van der Waals surface area contributed by atoms with Gasteiger partial charge in [0.25, 0.3) is 0 Å². The van der Waals surface area contributed by atoms with Crippen molar-refractivity contribution in [1.82, 2.24) is 16.0 Å². The number of nitrogens with one attached hydrogen (secondary N) is 3. The normalized spacial score (nSPS) is 21.9. The topological polar surface area (TPSA) is 96.5 Å². The van der Waals surface area contributed by atoms with Gasteiger partial charge in [0.2, 0.25) is 11.8 Å². The van der Waals surface area contributed by atoms with E-state index in [4.69, 9.17) is 0 Å². The van der Waals surface area contributed by atoms with Gasteiger partial charge in [-0.1, -0.05) is 0 Å². The lowest BCUT2D eigenvalue weighted by atomic mass is 10.2. The highest BCUT2D eigenvalue weighted by molar-refractivity contribution is 5.89. The molecule has 2 amide bonds. The first-order valence-electron chi connectivity index (χ1n) is 4.93. The maximum Gasteiger partial charge on any atom is 0.328 e. The Hall–Kier alpha value is -1.63. The molecule has 7 heteroatoms. The molecule has 2 atom stereocenters. The quantitative estimate of drug-likeness (QED) is 0.475. The van der Waals surface area contributed by atoms with Gasteiger partial charge in [0, 0.05) is 6.54 Å². The first-order chi connectivity index (χ1) is 7.54. The average molecular weight is 229 g/mol. The molecule has 0 aromatic rings.